The third-order valence-electron chi connectivity index (χ3n) is 7.71. The molecule has 46 heavy (non-hydrogen) atoms. The van der Waals surface area contributed by atoms with Crippen LogP contribution in [0, 0.1) is 0 Å². The molecule has 9 heteroatoms. The number of aliphatic hydroxyl groups is 1. The fourth-order valence-corrected chi connectivity index (χ4v) is 6.35. The Kier molecular flexibility index (Phi) is 11.5. The van der Waals surface area contributed by atoms with E-state index in [0.717, 1.165) is 49.8 Å². The van der Waals surface area contributed by atoms with Crippen LogP contribution in [-0.2, 0) is 37.0 Å². The predicted octanol–water partition coefficient (Wildman–Crippen LogP) is 6.76. The molecule has 0 aliphatic carbocycles. The zero-order valence-electron chi connectivity index (χ0n) is 26.2. The van der Waals surface area contributed by atoms with E-state index in [1.165, 1.54) is 6.92 Å². The maximum Gasteiger partial charge on any atom is 0.303 e. The summed E-state index contributed by atoms with van der Waals surface area (Å²) in [7, 11) is 1.68. The monoisotopic (exact) mass is 641 g/mol. The summed E-state index contributed by atoms with van der Waals surface area (Å²) < 4.78 is 23.7. The van der Waals surface area contributed by atoms with Gasteiger partial charge in [0.05, 0.1) is 25.9 Å². The molecule has 2 N–H and O–H groups in total. The molecule has 1 amide bonds. The van der Waals surface area contributed by atoms with Gasteiger partial charge in [-0.3, -0.25) is 9.59 Å². The van der Waals surface area contributed by atoms with Crippen LogP contribution in [0.5, 0.6) is 5.75 Å². The molecule has 5 rings (SSSR count). The maximum atomic E-state index is 12.3. The molecule has 1 fully saturated rings. The number of ether oxygens (including phenoxy) is 4. The van der Waals surface area contributed by atoms with Gasteiger partial charge in [-0.05, 0) is 59.0 Å². The first-order valence-electron chi connectivity index (χ1n) is 15.2. The summed E-state index contributed by atoms with van der Waals surface area (Å²) >= 11 is 1.70. The zero-order chi connectivity index (χ0) is 32.5. The van der Waals surface area contributed by atoms with Crippen LogP contribution in [0.3, 0.4) is 0 Å². The average Bonchev–Trinajstić information content (AvgIpc) is 3.09. The largest absolute Gasteiger partial charge is 0.496 e. The average molecular weight is 642 g/mol. The molecular weight excluding hydrogens is 602 g/mol. The molecule has 1 aliphatic rings. The van der Waals surface area contributed by atoms with Crippen LogP contribution in [0.2, 0.25) is 0 Å². The molecule has 8 nitrogen and oxygen atoms in total. The van der Waals surface area contributed by atoms with E-state index in [9.17, 15) is 14.7 Å². The molecule has 0 saturated carbocycles. The standard InChI is InChI=1S/C37H39NO7S/c1-24(43-25(2)40)36(41)38-21-27-8-6-9-29(18-27)30-10-7-11-31(19-30)37-44-32(23-46-35-13-5-4-12-33(35)42-3)20-34(45-37)28-16-14-26(22-39)15-17-28/h4-19,24,32,34,37,39H,20-23H2,1-3H3,(H,38,41). The number of aliphatic hydroxyl groups excluding tert-OH is 1. The lowest BCUT2D eigenvalue weighted by atomic mass is 9.99. The number of amides is 1. The summed E-state index contributed by atoms with van der Waals surface area (Å²) in [5, 5.41) is 12.4. The Morgan fingerprint density at radius 1 is 0.913 bits per heavy atom. The second-order valence-corrected chi connectivity index (χ2v) is 12.2. The maximum absolute atomic E-state index is 12.3. The number of esters is 1. The van der Waals surface area contributed by atoms with E-state index in [0.29, 0.717) is 13.0 Å². The molecule has 0 radical (unpaired) electrons. The van der Waals surface area contributed by atoms with E-state index in [2.05, 4.69) is 17.4 Å². The van der Waals surface area contributed by atoms with Gasteiger partial charge in [-0.25, -0.2) is 0 Å². The first-order chi connectivity index (χ1) is 22.3. The topological polar surface area (TPSA) is 103 Å². The van der Waals surface area contributed by atoms with Crippen molar-refractivity contribution >= 4 is 23.6 Å². The van der Waals surface area contributed by atoms with Crippen molar-refractivity contribution in [3.05, 3.63) is 119 Å². The number of methoxy groups -OCH3 is 1. The molecule has 1 heterocycles. The lowest BCUT2D eigenvalue weighted by molar-refractivity contribution is -0.245. The number of nitrogens with one attached hydrogen (secondary N) is 1. The minimum absolute atomic E-state index is 0.0104. The van der Waals surface area contributed by atoms with Crippen molar-refractivity contribution in [2.75, 3.05) is 12.9 Å². The second kappa shape index (κ2) is 15.9. The fraction of sp³-hybridized carbons (Fsp3) is 0.297. The highest BCUT2D eigenvalue weighted by molar-refractivity contribution is 7.99. The van der Waals surface area contributed by atoms with E-state index in [1.54, 1.807) is 25.8 Å². The third-order valence-corrected chi connectivity index (χ3v) is 8.89. The lowest BCUT2D eigenvalue weighted by Crippen LogP contribution is -2.35. The van der Waals surface area contributed by atoms with Crippen LogP contribution >= 0.6 is 11.8 Å². The Bertz CT molecular complexity index is 1630. The quantitative estimate of drug-likeness (QED) is 0.129. The van der Waals surface area contributed by atoms with Gasteiger partial charge in [-0.1, -0.05) is 72.8 Å². The van der Waals surface area contributed by atoms with Crippen molar-refractivity contribution in [3.8, 4) is 16.9 Å². The smallest absolute Gasteiger partial charge is 0.303 e. The van der Waals surface area contributed by atoms with Gasteiger partial charge >= 0.3 is 5.97 Å². The van der Waals surface area contributed by atoms with Crippen molar-refractivity contribution in [1.82, 2.24) is 5.32 Å². The van der Waals surface area contributed by atoms with Crippen LogP contribution in [-0.4, -0.2) is 42.1 Å². The molecule has 4 atom stereocenters. The lowest BCUT2D eigenvalue weighted by Gasteiger charge is -2.36. The minimum atomic E-state index is -0.860. The highest BCUT2D eigenvalue weighted by atomic mass is 32.2. The molecule has 1 saturated heterocycles. The number of hydrogen-bond donors (Lipinski definition) is 2. The van der Waals surface area contributed by atoms with Gasteiger partial charge in [0, 0.05) is 36.1 Å². The van der Waals surface area contributed by atoms with Crippen molar-refractivity contribution in [1.29, 1.82) is 0 Å². The predicted molar refractivity (Wildman–Crippen MR) is 177 cm³/mol. The Hall–Kier alpha value is -4.15. The number of hydrogen-bond acceptors (Lipinski definition) is 8. The summed E-state index contributed by atoms with van der Waals surface area (Å²) in [4.78, 5) is 24.6. The number of para-hydroxylation sites is 1. The van der Waals surface area contributed by atoms with E-state index in [1.807, 2.05) is 84.9 Å². The molecule has 240 valence electrons. The zero-order valence-corrected chi connectivity index (χ0v) is 27.0. The number of carbonyl (C=O) groups excluding carboxylic acids is 2. The second-order valence-electron chi connectivity index (χ2n) is 11.1. The van der Waals surface area contributed by atoms with Gasteiger partial charge in [0.15, 0.2) is 12.4 Å². The van der Waals surface area contributed by atoms with Gasteiger partial charge in [-0.2, -0.15) is 0 Å². The number of thioether (sulfide) groups is 1. The third kappa shape index (κ3) is 8.76. The molecule has 0 aromatic heterocycles. The highest BCUT2D eigenvalue weighted by Gasteiger charge is 2.32. The summed E-state index contributed by atoms with van der Waals surface area (Å²) in [5.74, 6) is 0.700. The highest BCUT2D eigenvalue weighted by Crippen LogP contribution is 2.41. The van der Waals surface area contributed by atoms with E-state index < -0.39 is 18.4 Å². The summed E-state index contributed by atoms with van der Waals surface area (Å²) in [5.41, 5.74) is 5.67. The van der Waals surface area contributed by atoms with Crippen LogP contribution in [0.15, 0.2) is 102 Å². The Morgan fingerprint density at radius 2 is 1.65 bits per heavy atom. The van der Waals surface area contributed by atoms with E-state index in [-0.39, 0.29) is 24.7 Å². The summed E-state index contributed by atoms with van der Waals surface area (Å²) in [6.45, 7) is 3.12. The molecule has 4 aromatic rings. The van der Waals surface area contributed by atoms with Crippen LogP contribution in [0.1, 0.15) is 54.9 Å². The molecule has 0 bridgehead atoms. The van der Waals surface area contributed by atoms with Crippen LogP contribution < -0.4 is 10.1 Å². The van der Waals surface area contributed by atoms with Crippen molar-refractivity contribution in [2.24, 2.45) is 0 Å². The Labute approximate surface area is 274 Å². The van der Waals surface area contributed by atoms with Crippen LogP contribution in [0.4, 0.5) is 0 Å². The molecule has 4 unspecified atom stereocenters. The van der Waals surface area contributed by atoms with Gasteiger partial charge in [-0.15, -0.1) is 11.8 Å². The van der Waals surface area contributed by atoms with Gasteiger partial charge in [0.1, 0.15) is 5.75 Å². The number of benzene rings is 4. The van der Waals surface area contributed by atoms with Crippen molar-refractivity contribution < 1.29 is 33.6 Å². The van der Waals surface area contributed by atoms with Crippen molar-refractivity contribution in [2.45, 2.75) is 62.9 Å². The number of rotatable bonds is 12. The normalized spacial score (nSPS) is 18.4. The van der Waals surface area contributed by atoms with E-state index in [4.69, 9.17) is 18.9 Å². The van der Waals surface area contributed by atoms with Crippen molar-refractivity contribution in [3.63, 3.8) is 0 Å². The molecule has 0 spiro atoms. The number of carbonyl (C=O) groups is 2. The Morgan fingerprint density at radius 3 is 2.39 bits per heavy atom. The molecule has 4 aromatic carbocycles. The first kappa shape index (κ1) is 33.2. The molecular formula is C37H39NO7S. The SMILES string of the molecule is COc1ccccc1SCC1CC(c2ccc(CO)cc2)OC(c2cccc(-c3cccc(CNC(=O)C(C)OC(C)=O)c3)c2)O1. The summed E-state index contributed by atoms with van der Waals surface area (Å²) in [6, 6.07) is 31.9. The minimum Gasteiger partial charge on any atom is -0.496 e. The Balaban J connectivity index is 1.34. The molecule has 1 aliphatic heterocycles. The van der Waals surface area contributed by atoms with Gasteiger partial charge in [0.2, 0.25) is 0 Å². The fourth-order valence-electron chi connectivity index (χ4n) is 5.30. The van der Waals surface area contributed by atoms with Gasteiger partial charge in [0.25, 0.3) is 5.91 Å². The van der Waals surface area contributed by atoms with Crippen LogP contribution in [0.25, 0.3) is 11.1 Å². The van der Waals surface area contributed by atoms with Gasteiger partial charge < -0.3 is 29.4 Å². The first-order valence-corrected chi connectivity index (χ1v) is 16.2. The van der Waals surface area contributed by atoms with E-state index >= 15 is 0 Å². The summed E-state index contributed by atoms with van der Waals surface area (Å²) in [6.07, 6.45) is -1.06.